The fourth-order valence-electron chi connectivity index (χ4n) is 1.72. The third kappa shape index (κ3) is 3.17. The predicted octanol–water partition coefficient (Wildman–Crippen LogP) is 0.619. The highest BCUT2D eigenvalue weighted by atomic mass is 16.7. The highest BCUT2D eigenvalue weighted by Gasteiger charge is 2.45. The minimum absolute atomic E-state index is 0.281. The predicted molar refractivity (Wildman–Crippen MR) is 58.5 cm³/mol. The molecular weight excluding hydrogens is 210 g/mol. The maximum absolute atomic E-state index is 10.9. The van der Waals surface area contributed by atoms with Crippen LogP contribution in [0.1, 0.15) is 34.6 Å². The summed E-state index contributed by atoms with van der Waals surface area (Å²) in [5.41, 5.74) is -0.350. The number of hydrogen-bond donors (Lipinski definition) is 2. The fraction of sp³-hybridized carbons (Fsp3) is 0.909. The Hall–Kier alpha value is -0.650. The maximum Gasteiger partial charge on any atom is 0.218 e. The third-order valence-corrected chi connectivity index (χ3v) is 2.61. The molecule has 0 radical (unpaired) electrons. The first kappa shape index (κ1) is 13.4. The van der Waals surface area contributed by atoms with E-state index in [0.29, 0.717) is 6.61 Å². The Kier molecular flexibility index (Phi) is 3.62. The molecule has 2 unspecified atom stereocenters. The van der Waals surface area contributed by atoms with E-state index in [1.165, 1.54) is 6.92 Å². The molecule has 1 heterocycles. The smallest absolute Gasteiger partial charge is 0.218 e. The van der Waals surface area contributed by atoms with Crippen molar-refractivity contribution in [2.45, 2.75) is 52.7 Å². The molecule has 5 heteroatoms. The molecule has 94 valence electrons. The minimum atomic E-state index is -1.02. The second kappa shape index (κ2) is 4.31. The number of carbonyl (C=O) groups is 1. The zero-order valence-corrected chi connectivity index (χ0v) is 10.5. The summed E-state index contributed by atoms with van der Waals surface area (Å²) in [5.74, 6) is -1.02. The van der Waals surface area contributed by atoms with Crippen molar-refractivity contribution in [2.24, 2.45) is 5.41 Å². The van der Waals surface area contributed by atoms with Gasteiger partial charge in [0.1, 0.15) is 6.10 Å². The van der Waals surface area contributed by atoms with E-state index < -0.39 is 18.1 Å². The lowest BCUT2D eigenvalue weighted by atomic mass is 9.85. The van der Waals surface area contributed by atoms with Crippen molar-refractivity contribution in [3.63, 3.8) is 0 Å². The van der Waals surface area contributed by atoms with Crippen LogP contribution in [0.15, 0.2) is 0 Å². The lowest BCUT2D eigenvalue weighted by Gasteiger charge is -2.47. The van der Waals surface area contributed by atoms with E-state index >= 15 is 0 Å². The van der Waals surface area contributed by atoms with Gasteiger partial charge in [0.25, 0.3) is 0 Å². The van der Waals surface area contributed by atoms with Crippen molar-refractivity contribution < 1.29 is 19.4 Å². The van der Waals surface area contributed by atoms with Crippen molar-refractivity contribution in [3.05, 3.63) is 0 Å². The molecule has 1 aliphatic rings. The van der Waals surface area contributed by atoms with E-state index in [1.54, 1.807) is 13.8 Å². The van der Waals surface area contributed by atoms with Crippen molar-refractivity contribution in [1.82, 2.24) is 5.32 Å². The molecule has 0 aromatic rings. The van der Waals surface area contributed by atoms with Crippen molar-refractivity contribution in [2.75, 3.05) is 6.61 Å². The number of carbonyl (C=O) groups excluding carboxylic acids is 1. The van der Waals surface area contributed by atoms with Crippen LogP contribution in [0.5, 0.6) is 0 Å². The largest absolute Gasteiger partial charge is 0.371 e. The van der Waals surface area contributed by atoms with Crippen molar-refractivity contribution in [3.8, 4) is 0 Å². The SMILES string of the molecule is CC(=O)NC(O)C1OC(C)(C)OCC1(C)C. The Balaban J connectivity index is 2.77. The monoisotopic (exact) mass is 231 g/mol. The Morgan fingerprint density at radius 3 is 2.50 bits per heavy atom. The number of amides is 1. The standard InChI is InChI=1S/C11H21NO4/c1-7(13)12-9(14)8-10(2,3)6-15-11(4,5)16-8/h8-9,14H,6H2,1-5H3,(H,12,13). The van der Waals surface area contributed by atoms with Crippen LogP contribution < -0.4 is 5.32 Å². The number of aliphatic hydroxyl groups excluding tert-OH is 1. The summed E-state index contributed by atoms with van der Waals surface area (Å²) in [6.45, 7) is 9.27. The van der Waals surface area contributed by atoms with Gasteiger partial charge < -0.3 is 19.9 Å². The second-order valence-corrected chi connectivity index (χ2v) is 5.36. The van der Waals surface area contributed by atoms with Crippen molar-refractivity contribution in [1.29, 1.82) is 0 Å². The number of nitrogens with one attached hydrogen (secondary N) is 1. The van der Waals surface area contributed by atoms with Gasteiger partial charge in [0.05, 0.1) is 6.61 Å². The molecule has 1 rings (SSSR count). The maximum atomic E-state index is 10.9. The molecule has 5 nitrogen and oxygen atoms in total. The van der Waals surface area contributed by atoms with Crippen LogP contribution in [0.2, 0.25) is 0 Å². The van der Waals surface area contributed by atoms with Gasteiger partial charge in [-0.05, 0) is 13.8 Å². The average molecular weight is 231 g/mol. The summed E-state index contributed by atoms with van der Waals surface area (Å²) in [7, 11) is 0. The Labute approximate surface area is 96.1 Å². The van der Waals surface area contributed by atoms with Gasteiger partial charge in [0.2, 0.25) is 5.91 Å². The molecule has 0 aromatic carbocycles. The van der Waals surface area contributed by atoms with Crippen LogP contribution in [0.25, 0.3) is 0 Å². The fourth-order valence-corrected chi connectivity index (χ4v) is 1.72. The molecule has 16 heavy (non-hydrogen) atoms. The van der Waals surface area contributed by atoms with Gasteiger partial charge in [-0.15, -0.1) is 0 Å². The first-order valence-electron chi connectivity index (χ1n) is 5.41. The van der Waals surface area contributed by atoms with Gasteiger partial charge >= 0.3 is 0 Å². The van der Waals surface area contributed by atoms with Crippen LogP contribution in [0, 0.1) is 5.41 Å². The molecular formula is C11H21NO4. The van der Waals surface area contributed by atoms with Gasteiger partial charge in [-0.2, -0.15) is 0 Å². The summed E-state index contributed by atoms with van der Waals surface area (Å²) in [5, 5.41) is 12.3. The van der Waals surface area contributed by atoms with Gasteiger partial charge in [0.15, 0.2) is 12.0 Å². The summed E-state index contributed by atoms with van der Waals surface area (Å²) in [4.78, 5) is 10.9. The van der Waals surface area contributed by atoms with Crippen LogP contribution in [-0.4, -0.2) is 35.7 Å². The lowest BCUT2D eigenvalue weighted by Crippen LogP contribution is -2.59. The molecule has 1 fully saturated rings. The summed E-state index contributed by atoms with van der Waals surface area (Å²) >= 11 is 0. The molecule has 0 saturated carbocycles. The average Bonchev–Trinajstić information content (AvgIpc) is 2.09. The van der Waals surface area contributed by atoms with E-state index in [-0.39, 0.29) is 11.3 Å². The van der Waals surface area contributed by atoms with E-state index in [1.807, 2.05) is 13.8 Å². The quantitative estimate of drug-likeness (QED) is 0.684. The number of aliphatic hydroxyl groups is 1. The third-order valence-electron chi connectivity index (χ3n) is 2.61. The molecule has 0 aliphatic carbocycles. The minimum Gasteiger partial charge on any atom is -0.371 e. The Morgan fingerprint density at radius 1 is 1.44 bits per heavy atom. The van der Waals surface area contributed by atoms with Crippen molar-refractivity contribution >= 4 is 5.91 Å². The van der Waals surface area contributed by atoms with Crippen LogP contribution in [-0.2, 0) is 14.3 Å². The highest BCUT2D eigenvalue weighted by molar-refractivity contribution is 5.73. The highest BCUT2D eigenvalue weighted by Crippen LogP contribution is 2.35. The molecule has 2 N–H and O–H groups in total. The van der Waals surface area contributed by atoms with Gasteiger partial charge in [0, 0.05) is 12.3 Å². The number of rotatable bonds is 2. The number of hydrogen-bond acceptors (Lipinski definition) is 4. The van der Waals surface area contributed by atoms with Gasteiger partial charge in [-0.1, -0.05) is 13.8 Å². The van der Waals surface area contributed by atoms with Crippen LogP contribution in [0.3, 0.4) is 0 Å². The Morgan fingerprint density at radius 2 is 2.00 bits per heavy atom. The lowest BCUT2D eigenvalue weighted by molar-refractivity contribution is -0.328. The van der Waals surface area contributed by atoms with E-state index in [9.17, 15) is 9.90 Å². The molecule has 0 bridgehead atoms. The molecule has 0 aromatic heterocycles. The summed E-state index contributed by atoms with van der Waals surface area (Å²) in [6, 6.07) is 0. The van der Waals surface area contributed by atoms with Gasteiger partial charge in [-0.25, -0.2) is 0 Å². The zero-order valence-electron chi connectivity index (χ0n) is 10.5. The first-order chi connectivity index (χ1) is 7.14. The molecule has 0 spiro atoms. The normalized spacial score (nSPS) is 29.5. The molecule has 1 amide bonds. The molecule has 1 aliphatic heterocycles. The van der Waals surface area contributed by atoms with Crippen LogP contribution >= 0.6 is 0 Å². The van der Waals surface area contributed by atoms with E-state index in [2.05, 4.69) is 5.32 Å². The van der Waals surface area contributed by atoms with E-state index in [0.717, 1.165) is 0 Å². The Bertz CT molecular complexity index is 275. The zero-order chi connectivity index (χ0) is 12.6. The number of ether oxygens (including phenoxy) is 2. The van der Waals surface area contributed by atoms with Crippen LogP contribution in [0.4, 0.5) is 0 Å². The summed E-state index contributed by atoms with van der Waals surface area (Å²) in [6.07, 6.45) is -1.50. The second-order valence-electron chi connectivity index (χ2n) is 5.36. The molecule has 2 atom stereocenters. The first-order valence-corrected chi connectivity index (χ1v) is 5.41. The van der Waals surface area contributed by atoms with E-state index in [4.69, 9.17) is 9.47 Å². The summed E-state index contributed by atoms with van der Waals surface area (Å²) < 4.78 is 11.2. The topological polar surface area (TPSA) is 67.8 Å². The van der Waals surface area contributed by atoms with Gasteiger partial charge in [-0.3, -0.25) is 4.79 Å². The molecule has 1 saturated heterocycles.